The van der Waals surface area contributed by atoms with Crippen LogP contribution in [0.3, 0.4) is 0 Å². The zero-order valence-corrected chi connectivity index (χ0v) is 24.1. The average Bonchev–Trinajstić information content (AvgIpc) is 2.95. The Morgan fingerprint density at radius 1 is 0.714 bits per heavy atom. The first-order chi connectivity index (χ1) is 19.9. The summed E-state index contributed by atoms with van der Waals surface area (Å²) in [5, 5.41) is 14.6. The zero-order chi connectivity index (χ0) is 30.7. The molecule has 0 aliphatic carbocycles. The van der Waals surface area contributed by atoms with Crippen LogP contribution in [0.5, 0.6) is 0 Å². The lowest BCUT2D eigenvalue weighted by Crippen LogP contribution is -2.45. The van der Waals surface area contributed by atoms with Gasteiger partial charge < -0.3 is 30.0 Å². The van der Waals surface area contributed by atoms with Crippen LogP contribution in [-0.4, -0.2) is 54.0 Å². The Morgan fingerprint density at radius 3 is 1.69 bits per heavy atom. The smallest absolute Gasteiger partial charge is 0.408 e. The number of benzene rings is 3. The van der Waals surface area contributed by atoms with Crippen LogP contribution in [-0.2, 0) is 43.2 Å². The lowest BCUT2D eigenvalue weighted by atomic mass is 9.98. The molecule has 0 heterocycles. The Balaban J connectivity index is 1.59. The SMILES string of the molecule is COC(=O)[C@H](Cc1ccc(-c2ccc(CC(NC(=O)OCc3ccccc3)C(=O)O)cc2)cc1)NC(=O)OC(C)(C)C. The molecule has 3 aromatic rings. The molecule has 42 heavy (non-hydrogen) atoms. The minimum Gasteiger partial charge on any atom is -0.480 e. The topological polar surface area (TPSA) is 140 Å². The molecule has 2 amide bonds. The van der Waals surface area contributed by atoms with Gasteiger partial charge in [0, 0.05) is 12.8 Å². The highest BCUT2D eigenvalue weighted by Gasteiger charge is 2.25. The summed E-state index contributed by atoms with van der Waals surface area (Å²) in [4.78, 5) is 48.4. The van der Waals surface area contributed by atoms with Gasteiger partial charge in [0.05, 0.1) is 7.11 Å². The van der Waals surface area contributed by atoms with E-state index < -0.39 is 41.8 Å². The molecule has 0 aliphatic rings. The van der Waals surface area contributed by atoms with E-state index in [9.17, 15) is 24.3 Å². The average molecular weight is 577 g/mol. The van der Waals surface area contributed by atoms with Crippen molar-refractivity contribution in [1.82, 2.24) is 10.6 Å². The molecule has 10 nitrogen and oxygen atoms in total. The van der Waals surface area contributed by atoms with Crippen LogP contribution in [0.2, 0.25) is 0 Å². The Kier molecular flexibility index (Phi) is 11.1. The summed E-state index contributed by atoms with van der Waals surface area (Å²) in [5.74, 6) is -1.75. The van der Waals surface area contributed by atoms with E-state index in [2.05, 4.69) is 10.6 Å². The lowest BCUT2D eigenvalue weighted by Gasteiger charge is -2.22. The Morgan fingerprint density at radius 2 is 1.21 bits per heavy atom. The van der Waals surface area contributed by atoms with Crippen molar-refractivity contribution in [2.45, 2.75) is 57.9 Å². The predicted molar refractivity (Wildman–Crippen MR) is 156 cm³/mol. The molecule has 0 saturated heterocycles. The maximum atomic E-state index is 12.2. The Bertz CT molecular complexity index is 1350. The van der Waals surface area contributed by atoms with E-state index in [1.807, 2.05) is 54.6 Å². The van der Waals surface area contributed by atoms with Gasteiger partial charge >= 0.3 is 24.1 Å². The van der Waals surface area contributed by atoms with E-state index in [1.165, 1.54) is 7.11 Å². The van der Waals surface area contributed by atoms with Crippen LogP contribution in [0.1, 0.15) is 37.5 Å². The Labute approximate surface area is 245 Å². The molecule has 3 N–H and O–H groups in total. The Hall–Kier alpha value is -4.86. The molecular formula is C32H36N2O8. The molecule has 3 rings (SSSR count). The van der Waals surface area contributed by atoms with Crippen molar-refractivity contribution in [1.29, 1.82) is 0 Å². The summed E-state index contributed by atoms with van der Waals surface area (Å²) in [6, 6.07) is 21.8. The quantitative estimate of drug-likeness (QED) is 0.217. The van der Waals surface area contributed by atoms with Crippen LogP contribution in [0.15, 0.2) is 78.9 Å². The van der Waals surface area contributed by atoms with Crippen molar-refractivity contribution >= 4 is 24.1 Å². The van der Waals surface area contributed by atoms with Crippen molar-refractivity contribution in [3.63, 3.8) is 0 Å². The number of hydrogen-bond acceptors (Lipinski definition) is 7. The third-order valence-electron chi connectivity index (χ3n) is 6.10. The minimum atomic E-state index is -1.17. The van der Waals surface area contributed by atoms with Gasteiger partial charge in [0.2, 0.25) is 0 Å². The molecule has 10 heteroatoms. The number of aliphatic carboxylic acids is 1. The molecule has 222 valence electrons. The van der Waals surface area contributed by atoms with E-state index in [0.29, 0.717) is 0 Å². The van der Waals surface area contributed by atoms with Gasteiger partial charge in [-0.1, -0.05) is 78.9 Å². The van der Waals surface area contributed by atoms with Crippen LogP contribution < -0.4 is 10.6 Å². The van der Waals surface area contributed by atoms with E-state index in [0.717, 1.165) is 27.8 Å². The fourth-order valence-corrected chi connectivity index (χ4v) is 4.03. The third kappa shape index (κ3) is 10.3. The van der Waals surface area contributed by atoms with Gasteiger partial charge in [-0.05, 0) is 48.6 Å². The molecule has 0 radical (unpaired) electrons. The number of carbonyl (C=O) groups excluding carboxylic acids is 3. The molecule has 0 aromatic heterocycles. The van der Waals surface area contributed by atoms with Crippen LogP contribution in [0.25, 0.3) is 11.1 Å². The van der Waals surface area contributed by atoms with Gasteiger partial charge in [-0.15, -0.1) is 0 Å². The summed E-state index contributed by atoms with van der Waals surface area (Å²) in [5.41, 5.74) is 3.41. The maximum Gasteiger partial charge on any atom is 0.408 e. The number of alkyl carbamates (subject to hydrolysis) is 2. The van der Waals surface area contributed by atoms with Crippen molar-refractivity contribution in [3.05, 3.63) is 95.6 Å². The first-order valence-electron chi connectivity index (χ1n) is 13.4. The summed E-state index contributed by atoms with van der Waals surface area (Å²) in [6.07, 6.45) is -1.23. The lowest BCUT2D eigenvalue weighted by molar-refractivity contribution is -0.143. The molecule has 0 bridgehead atoms. The van der Waals surface area contributed by atoms with Crippen molar-refractivity contribution in [2.24, 2.45) is 0 Å². The van der Waals surface area contributed by atoms with Crippen molar-refractivity contribution in [2.75, 3.05) is 7.11 Å². The van der Waals surface area contributed by atoms with E-state index in [4.69, 9.17) is 14.2 Å². The monoisotopic (exact) mass is 576 g/mol. The number of rotatable bonds is 11. The van der Waals surface area contributed by atoms with E-state index in [-0.39, 0.29) is 19.4 Å². The third-order valence-corrected chi connectivity index (χ3v) is 6.10. The second-order valence-electron chi connectivity index (χ2n) is 10.6. The van der Waals surface area contributed by atoms with Gasteiger partial charge in [0.25, 0.3) is 0 Å². The van der Waals surface area contributed by atoms with E-state index in [1.54, 1.807) is 45.0 Å². The first-order valence-corrected chi connectivity index (χ1v) is 13.4. The number of ether oxygens (including phenoxy) is 3. The van der Waals surface area contributed by atoms with Crippen LogP contribution >= 0.6 is 0 Å². The second-order valence-corrected chi connectivity index (χ2v) is 10.6. The summed E-state index contributed by atoms with van der Waals surface area (Å²) >= 11 is 0. The molecule has 2 atom stereocenters. The van der Waals surface area contributed by atoms with Crippen molar-refractivity contribution in [3.8, 4) is 11.1 Å². The van der Waals surface area contributed by atoms with Crippen LogP contribution in [0, 0.1) is 0 Å². The highest BCUT2D eigenvalue weighted by Crippen LogP contribution is 2.22. The maximum absolute atomic E-state index is 12.2. The molecule has 3 aromatic carbocycles. The number of carbonyl (C=O) groups is 4. The van der Waals surface area contributed by atoms with E-state index >= 15 is 0 Å². The fraction of sp³-hybridized carbons (Fsp3) is 0.312. The van der Waals surface area contributed by atoms with Crippen LogP contribution in [0.4, 0.5) is 9.59 Å². The molecule has 1 unspecified atom stereocenters. The zero-order valence-electron chi connectivity index (χ0n) is 24.1. The number of methoxy groups -OCH3 is 1. The molecule has 0 spiro atoms. The first kappa shape index (κ1) is 31.7. The minimum absolute atomic E-state index is 0.0378. The van der Waals surface area contributed by atoms with Gasteiger partial charge in [0.1, 0.15) is 24.3 Å². The van der Waals surface area contributed by atoms with Gasteiger partial charge in [0.15, 0.2) is 0 Å². The molecule has 0 aliphatic heterocycles. The highest BCUT2D eigenvalue weighted by atomic mass is 16.6. The normalized spacial score (nSPS) is 12.4. The molecular weight excluding hydrogens is 540 g/mol. The number of carboxylic acids is 1. The molecule has 0 saturated carbocycles. The molecule has 0 fully saturated rings. The number of carboxylic acid groups (broad SMARTS) is 1. The summed E-state index contributed by atoms with van der Waals surface area (Å²) < 4.78 is 15.2. The number of nitrogens with one attached hydrogen (secondary N) is 2. The number of esters is 1. The van der Waals surface area contributed by atoms with Crippen molar-refractivity contribution < 1.29 is 38.5 Å². The van der Waals surface area contributed by atoms with Gasteiger partial charge in [-0.25, -0.2) is 19.2 Å². The highest BCUT2D eigenvalue weighted by molar-refractivity contribution is 5.82. The predicted octanol–water partition coefficient (Wildman–Crippen LogP) is 4.88. The fourth-order valence-electron chi connectivity index (χ4n) is 4.03. The standard InChI is InChI=1S/C32H36N2O8/c1-32(2,3)42-31(39)34-27(29(37)40-4)19-22-12-16-25(17-13-22)24-14-10-21(11-15-24)18-26(28(35)36)33-30(38)41-20-23-8-6-5-7-9-23/h5-17,26-27H,18-20H2,1-4H3,(H,33,38)(H,34,39)(H,35,36)/t26?,27-/m0/s1. The second kappa shape index (κ2) is 14.7. The van der Waals surface area contributed by atoms with Gasteiger partial charge in [-0.2, -0.15) is 0 Å². The summed E-state index contributed by atoms with van der Waals surface area (Å²) in [7, 11) is 1.26. The summed E-state index contributed by atoms with van der Waals surface area (Å²) in [6.45, 7) is 5.24. The van der Waals surface area contributed by atoms with Gasteiger partial charge in [-0.3, -0.25) is 0 Å². The number of amides is 2. The number of hydrogen-bond donors (Lipinski definition) is 3. The largest absolute Gasteiger partial charge is 0.480 e.